The largest absolute Gasteiger partial charge is 0.497 e. The third kappa shape index (κ3) is 3.52. The van der Waals surface area contributed by atoms with Gasteiger partial charge in [-0.1, -0.05) is 0 Å². The Morgan fingerprint density at radius 2 is 2.05 bits per heavy atom. The molecule has 0 bridgehead atoms. The van der Waals surface area contributed by atoms with E-state index in [0.29, 0.717) is 0 Å². The lowest BCUT2D eigenvalue weighted by Gasteiger charge is -2.12. The first-order valence-electron chi connectivity index (χ1n) is 5.54. The van der Waals surface area contributed by atoms with Gasteiger partial charge in [0.2, 0.25) is 10.0 Å². The number of benzene rings is 1. The number of nitro benzene ring substituents is 1. The molecule has 1 rings (SSSR count). The third-order valence-electron chi connectivity index (χ3n) is 2.59. The summed E-state index contributed by atoms with van der Waals surface area (Å²) >= 11 is 0. The van der Waals surface area contributed by atoms with Crippen LogP contribution in [0.5, 0.6) is 5.75 Å². The lowest BCUT2D eigenvalue weighted by Crippen LogP contribution is -2.37. The molecule has 8 nitrogen and oxygen atoms in total. The number of nitrogens with one attached hydrogen (secondary N) is 1. The van der Waals surface area contributed by atoms with Gasteiger partial charge in [-0.05, 0) is 26.0 Å². The summed E-state index contributed by atoms with van der Waals surface area (Å²) in [6.07, 6.45) is 0. The standard InChI is InChI=1S/C11H14N2O6S/c1-7(8(2)14)12-20(17,18)11-5-4-9(19-3)6-10(11)13(15)16/h4-7,12H,1-3H3. The number of rotatable bonds is 6. The lowest BCUT2D eigenvalue weighted by molar-refractivity contribution is -0.387. The average molecular weight is 302 g/mol. The number of ketones is 1. The monoisotopic (exact) mass is 302 g/mol. The van der Waals surface area contributed by atoms with Crippen molar-refractivity contribution < 1.29 is 22.9 Å². The average Bonchev–Trinajstić information content (AvgIpc) is 2.37. The minimum Gasteiger partial charge on any atom is -0.497 e. The number of sulfonamides is 1. The van der Waals surface area contributed by atoms with Gasteiger partial charge in [-0.25, -0.2) is 13.1 Å². The fourth-order valence-electron chi connectivity index (χ4n) is 1.37. The highest BCUT2D eigenvalue weighted by Crippen LogP contribution is 2.28. The van der Waals surface area contributed by atoms with Gasteiger partial charge in [-0.3, -0.25) is 14.9 Å². The number of hydrogen-bond acceptors (Lipinski definition) is 6. The molecule has 1 aromatic carbocycles. The second-order valence-electron chi connectivity index (χ2n) is 4.04. The smallest absolute Gasteiger partial charge is 0.293 e. The van der Waals surface area contributed by atoms with Gasteiger partial charge in [-0.15, -0.1) is 0 Å². The van der Waals surface area contributed by atoms with Crippen LogP contribution in [0.2, 0.25) is 0 Å². The second-order valence-corrected chi connectivity index (χ2v) is 5.73. The molecule has 9 heteroatoms. The van der Waals surface area contributed by atoms with Crippen LogP contribution in [0.4, 0.5) is 5.69 Å². The number of hydrogen-bond donors (Lipinski definition) is 1. The molecule has 0 aliphatic rings. The Morgan fingerprint density at radius 1 is 1.45 bits per heavy atom. The molecule has 0 amide bonds. The highest BCUT2D eigenvalue weighted by Gasteiger charge is 2.28. The van der Waals surface area contributed by atoms with E-state index in [-0.39, 0.29) is 5.75 Å². The zero-order chi connectivity index (χ0) is 15.5. The number of Topliss-reactive ketones (excluding diaryl/α,β-unsaturated/α-hetero) is 1. The van der Waals surface area contributed by atoms with Crippen molar-refractivity contribution in [3.8, 4) is 5.75 Å². The summed E-state index contributed by atoms with van der Waals surface area (Å²) < 4.78 is 31.0. The molecule has 110 valence electrons. The number of nitrogens with zero attached hydrogens (tertiary/aromatic N) is 1. The predicted octanol–water partition coefficient (Wildman–Crippen LogP) is 0.859. The van der Waals surface area contributed by atoms with Crippen LogP contribution in [-0.2, 0) is 14.8 Å². The van der Waals surface area contributed by atoms with Crippen molar-refractivity contribution in [2.75, 3.05) is 7.11 Å². The molecule has 0 radical (unpaired) electrons. The van der Waals surface area contributed by atoms with Crippen LogP contribution in [-0.4, -0.2) is 32.3 Å². The fraction of sp³-hybridized carbons (Fsp3) is 0.364. The first-order valence-corrected chi connectivity index (χ1v) is 7.02. The lowest BCUT2D eigenvalue weighted by atomic mass is 10.3. The Kier molecular flexibility index (Phi) is 4.79. The first-order chi connectivity index (χ1) is 9.19. The van der Waals surface area contributed by atoms with Crippen molar-refractivity contribution in [2.24, 2.45) is 0 Å². The Bertz CT molecular complexity index is 640. The van der Waals surface area contributed by atoms with Crippen molar-refractivity contribution >= 4 is 21.5 Å². The van der Waals surface area contributed by atoms with E-state index in [2.05, 4.69) is 4.72 Å². The quantitative estimate of drug-likeness (QED) is 0.615. The molecular weight excluding hydrogens is 288 g/mol. The number of ether oxygens (including phenoxy) is 1. The van der Waals surface area contributed by atoms with Gasteiger partial charge < -0.3 is 4.74 Å². The maximum atomic E-state index is 12.1. The van der Waals surface area contributed by atoms with E-state index in [0.717, 1.165) is 12.1 Å². The van der Waals surface area contributed by atoms with E-state index >= 15 is 0 Å². The highest BCUT2D eigenvalue weighted by molar-refractivity contribution is 7.89. The molecule has 1 aromatic rings. The maximum absolute atomic E-state index is 12.1. The van der Waals surface area contributed by atoms with Crippen molar-refractivity contribution in [1.29, 1.82) is 0 Å². The van der Waals surface area contributed by atoms with E-state index < -0.39 is 37.4 Å². The molecule has 0 heterocycles. The molecular formula is C11H14N2O6S. The highest BCUT2D eigenvalue weighted by atomic mass is 32.2. The molecule has 1 N–H and O–H groups in total. The first kappa shape index (κ1) is 16.1. The third-order valence-corrected chi connectivity index (χ3v) is 4.18. The normalized spacial score (nSPS) is 12.8. The molecule has 0 aliphatic carbocycles. The molecule has 0 fully saturated rings. The summed E-state index contributed by atoms with van der Waals surface area (Å²) in [6.45, 7) is 2.57. The maximum Gasteiger partial charge on any atom is 0.293 e. The second kappa shape index (κ2) is 5.97. The van der Waals surface area contributed by atoms with Gasteiger partial charge in [0.05, 0.1) is 24.1 Å². The van der Waals surface area contributed by atoms with E-state index in [1.807, 2.05) is 0 Å². The summed E-state index contributed by atoms with van der Waals surface area (Å²) in [5, 5.41) is 10.9. The number of methoxy groups -OCH3 is 1. The summed E-state index contributed by atoms with van der Waals surface area (Å²) in [4.78, 5) is 20.7. The zero-order valence-corrected chi connectivity index (χ0v) is 11.9. The van der Waals surface area contributed by atoms with Gasteiger partial charge in [-0.2, -0.15) is 0 Å². The Labute approximate surface area is 115 Å². The SMILES string of the molecule is COc1ccc(S(=O)(=O)NC(C)C(C)=O)c([N+](=O)[O-])c1. The van der Waals surface area contributed by atoms with Crippen LogP contribution in [0.1, 0.15) is 13.8 Å². The van der Waals surface area contributed by atoms with Crippen molar-refractivity contribution in [3.63, 3.8) is 0 Å². The summed E-state index contributed by atoms with van der Waals surface area (Å²) in [5.41, 5.74) is -0.618. The van der Waals surface area contributed by atoms with Crippen LogP contribution >= 0.6 is 0 Å². The van der Waals surface area contributed by atoms with Gasteiger partial charge >= 0.3 is 0 Å². The molecule has 0 spiro atoms. The Hall–Kier alpha value is -2.00. The van der Waals surface area contributed by atoms with Crippen molar-refractivity contribution in [3.05, 3.63) is 28.3 Å². The van der Waals surface area contributed by atoms with Gasteiger partial charge in [0, 0.05) is 0 Å². The van der Waals surface area contributed by atoms with Crippen LogP contribution < -0.4 is 9.46 Å². The van der Waals surface area contributed by atoms with Crippen LogP contribution in [0.3, 0.4) is 0 Å². The Morgan fingerprint density at radius 3 is 2.50 bits per heavy atom. The van der Waals surface area contributed by atoms with Gasteiger partial charge in [0.1, 0.15) is 11.5 Å². The summed E-state index contributed by atoms with van der Waals surface area (Å²) in [7, 11) is -2.86. The molecule has 0 aliphatic heterocycles. The summed E-state index contributed by atoms with van der Waals surface area (Å²) in [6, 6.07) is 2.39. The van der Waals surface area contributed by atoms with E-state index in [4.69, 9.17) is 4.74 Å². The fourth-order valence-corrected chi connectivity index (χ4v) is 2.79. The molecule has 1 atom stereocenters. The molecule has 0 aromatic heterocycles. The van der Waals surface area contributed by atoms with Crippen LogP contribution in [0.25, 0.3) is 0 Å². The molecule has 0 saturated carbocycles. The number of nitro groups is 1. The van der Waals surface area contributed by atoms with E-state index in [1.165, 1.54) is 27.0 Å². The number of carbonyl (C=O) groups excluding carboxylic acids is 1. The predicted molar refractivity (Wildman–Crippen MR) is 70.1 cm³/mol. The van der Waals surface area contributed by atoms with Gasteiger partial charge in [0.15, 0.2) is 4.90 Å². The Balaban J connectivity index is 3.31. The van der Waals surface area contributed by atoms with Gasteiger partial charge in [0.25, 0.3) is 5.69 Å². The number of carbonyl (C=O) groups is 1. The van der Waals surface area contributed by atoms with Crippen LogP contribution in [0.15, 0.2) is 23.1 Å². The minimum absolute atomic E-state index is 0.162. The van der Waals surface area contributed by atoms with E-state index in [9.17, 15) is 23.3 Å². The van der Waals surface area contributed by atoms with Crippen molar-refractivity contribution in [2.45, 2.75) is 24.8 Å². The zero-order valence-electron chi connectivity index (χ0n) is 11.1. The van der Waals surface area contributed by atoms with E-state index in [1.54, 1.807) is 0 Å². The topological polar surface area (TPSA) is 116 Å². The van der Waals surface area contributed by atoms with Crippen LogP contribution in [0, 0.1) is 10.1 Å². The molecule has 20 heavy (non-hydrogen) atoms. The molecule has 0 saturated heterocycles. The van der Waals surface area contributed by atoms with Crippen molar-refractivity contribution in [1.82, 2.24) is 4.72 Å². The summed E-state index contributed by atoms with van der Waals surface area (Å²) in [5.74, 6) is -0.236. The molecule has 1 unspecified atom stereocenters. The minimum atomic E-state index is -4.17.